The normalized spacial score (nSPS) is 17.0. The van der Waals surface area contributed by atoms with E-state index in [1.54, 1.807) is 36.7 Å². The molecule has 7 heteroatoms. The van der Waals surface area contributed by atoms with E-state index in [1.165, 1.54) is 6.92 Å². The van der Waals surface area contributed by atoms with E-state index in [0.717, 1.165) is 19.4 Å². The number of piperidine rings is 1. The minimum absolute atomic E-state index is 0.0272. The Balaban J connectivity index is 1.64. The third-order valence-electron chi connectivity index (χ3n) is 4.08. The van der Waals surface area contributed by atoms with Crippen molar-refractivity contribution in [3.8, 4) is 0 Å². The van der Waals surface area contributed by atoms with Gasteiger partial charge in [-0.15, -0.1) is 0 Å². The lowest BCUT2D eigenvalue weighted by atomic mass is 9.97. The zero-order valence-electron chi connectivity index (χ0n) is 14.1. The van der Waals surface area contributed by atoms with Crippen molar-refractivity contribution in [1.82, 2.24) is 9.97 Å². The van der Waals surface area contributed by atoms with Gasteiger partial charge in [0.1, 0.15) is 0 Å². The van der Waals surface area contributed by atoms with Crippen molar-refractivity contribution in [2.24, 2.45) is 5.92 Å². The topological polar surface area (TPSA) is 87.2 Å². The summed E-state index contributed by atoms with van der Waals surface area (Å²) >= 11 is 0. The molecular formula is C18H21N5O2. The highest BCUT2D eigenvalue weighted by atomic mass is 16.2. The van der Waals surface area contributed by atoms with E-state index in [4.69, 9.17) is 0 Å². The third-order valence-corrected chi connectivity index (χ3v) is 4.08. The van der Waals surface area contributed by atoms with E-state index in [-0.39, 0.29) is 17.7 Å². The van der Waals surface area contributed by atoms with Crippen molar-refractivity contribution in [3.05, 3.63) is 42.7 Å². The Bertz CT molecular complexity index is 750. The number of aromatic nitrogens is 2. The Hall–Kier alpha value is -2.96. The summed E-state index contributed by atoms with van der Waals surface area (Å²) in [7, 11) is 0. The first kappa shape index (κ1) is 16.9. The minimum atomic E-state index is -0.144. The fourth-order valence-corrected chi connectivity index (χ4v) is 2.95. The van der Waals surface area contributed by atoms with Crippen LogP contribution in [0.15, 0.2) is 42.7 Å². The number of hydrogen-bond acceptors (Lipinski definition) is 5. The molecule has 0 unspecified atom stereocenters. The maximum atomic E-state index is 12.6. The molecule has 0 aliphatic carbocycles. The van der Waals surface area contributed by atoms with Gasteiger partial charge in [-0.3, -0.25) is 9.59 Å². The summed E-state index contributed by atoms with van der Waals surface area (Å²) in [6.45, 7) is 2.90. The molecule has 1 aliphatic heterocycles. The minimum Gasteiger partial charge on any atom is -0.340 e. The summed E-state index contributed by atoms with van der Waals surface area (Å²) in [5.74, 6) is 0.365. The second-order valence-electron chi connectivity index (χ2n) is 6.09. The summed E-state index contributed by atoms with van der Waals surface area (Å²) in [5.41, 5.74) is 1.33. The van der Waals surface area contributed by atoms with Gasteiger partial charge >= 0.3 is 0 Å². The van der Waals surface area contributed by atoms with Crippen LogP contribution in [0, 0.1) is 5.92 Å². The van der Waals surface area contributed by atoms with Crippen molar-refractivity contribution in [2.45, 2.75) is 19.8 Å². The Morgan fingerprint density at radius 1 is 1.12 bits per heavy atom. The summed E-state index contributed by atoms with van der Waals surface area (Å²) in [4.78, 5) is 34.3. The first-order valence-corrected chi connectivity index (χ1v) is 8.32. The largest absolute Gasteiger partial charge is 0.340 e. The summed E-state index contributed by atoms with van der Waals surface area (Å²) in [6, 6.07) is 8.92. The van der Waals surface area contributed by atoms with Gasteiger partial charge in [0.2, 0.25) is 17.8 Å². The number of amides is 2. The van der Waals surface area contributed by atoms with Crippen molar-refractivity contribution in [3.63, 3.8) is 0 Å². The van der Waals surface area contributed by atoms with Gasteiger partial charge in [-0.2, -0.15) is 0 Å². The Kier molecular flexibility index (Phi) is 5.23. The SMILES string of the molecule is CC(=O)Nc1cccc(NC(=O)[C@H]2CCCN(c3ncccn3)C2)c1. The van der Waals surface area contributed by atoms with Crippen LogP contribution in [0.3, 0.4) is 0 Å². The maximum Gasteiger partial charge on any atom is 0.229 e. The van der Waals surface area contributed by atoms with E-state index in [2.05, 4.69) is 20.6 Å². The molecule has 7 nitrogen and oxygen atoms in total. The molecule has 1 saturated heterocycles. The van der Waals surface area contributed by atoms with Gasteiger partial charge in [0, 0.05) is 43.8 Å². The molecule has 1 aliphatic rings. The lowest BCUT2D eigenvalue weighted by molar-refractivity contribution is -0.120. The van der Waals surface area contributed by atoms with E-state index in [1.807, 2.05) is 11.0 Å². The Labute approximate surface area is 146 Å². The fraction of sp³-hybridized carbons (Fsp3) is 0.333. The van der Waals surface area contributed by atoms with Crippen LogP contribution in [0.4, 0.5) is 17.3 Å². The van der Waals surface area contributed by atoms with Crippen molar-refractivity contribution in [1.29, 1.82) is 0 Å². The second-order valence-corrected chi connectivity index (χ2v) is 6.09. The Morgan fingerprint density at radius 2 is 1.84 bits per heavy atom. The van der Waals surface area contributed by atoms with E-state index >= 15 is 0 Å². The van der Waals surface area contributed by atoms with Crippen LogP contribution in [0.25, 0.3) is 0 Å². The zero-order chi connectivity index (χ0) is 17.6. The van der Waals surface area contributed by atoms with Crippen molar-refractivity contribution in [2.75, 3.05) is 28.6 Å². The van der Waals surface area contributed by atoms with Gasteiger partial charge in [-0.1, -0.05) is 6.07 Å². The molecule has 1 fully saturated rings. The highest BCUT2D eigenvalue weighted by Crippen LogP contribution is 2.22. The number of anilines is 3. The molecule has 2 N–H and O–H groups in total. The van der Waals surface area contributed by atoms with Crippen molar-refractivity contribution >= 4 is 29.1 Å². The van der Waals surface area contributed by atoms with Crippen LogP contribution in [-0.2, 0) is 9.59 Å². The van der Waals surface area contributed by atoms with Crippen LogP contribution >= 0.6 is 0 Å². The molecule has 2 aromatic rings. The zero-order valence-corrected chi connectivity index (χ0v) is 14.1. The molecule has 1 aromatic carbocycles. The predicted molar refractivity (Wildman–Crippen MR) is 96.3 cm³/mol. The summed E-state index contributed by atoms with van der Waals surface area (Å²) < 4.78 is 0. The van der Waals surface area contributed by atoms with Gasteiger partial charge < -0.3 is 15.5 Å². The molecule has 2 amide bonds. The molecule has 0 bridgehead atoms. The predicted octanol–water partition coefficient (Wildman–Crippen LogP) is 2.29. The lowest BCUT2D eigenvalue weighted by Crippen LogP contribution is -2.41. The summed E-state index contributed by atoms with van der Waals surface area (Å²) in [5, 5.41) is 5.65. The van der Waals surface area contributed by atoms with E-state index < -0.39 is 0 Å². The highest BCUT2D eigenvalue weighted by Gasteiger charge is 2.27. The van der Waals surface area contributed by atoms with Gasteiger partial charge in [0.05, 0.1) is 5.92 Å². The number of carbonyl (C=O) groups excluding carboxylic acids is 2. The average molecular weight is 339 g/mol. The highest BCUT2D eigenvalue weighted by molar-refractivity contribution is 5.94. The number of carbonyl (C=O) groups is 2. The maximum absolute atomic E-state index is 12.6. The number of hydrogen-bond donors (Lipinski definition) is 2. The van der Waals surface area contributed by atoms with Crippen molar-refractivity contribution < 1.29 is 9.59 Å². The van der Waals surface area contributed by atoms with E-state index in [9.17, 15) is 9.59 Å². The van der Waals surface area contributed by atoms with Crippen LogP contribution in [0.5, 0.6) is 0 Å². The molecule has 130 valence electrons. The summed E-state index contributed by atoms with van der Waals surface area (Å²) in [6.07, 6.45) is 5.17. The molecule has 0 saturated carbocycles. The first-order chi connectivity index (χ1) is 12.1. The number of benzene rings is 1. The molecule has 2 heterocycles. The van der Waals surface area contributed by atoms with Crippen LogP contribution in [0.2, 0.25) is 0 Å². The quantitative estimate of drug-likeness (QED) is 0.892. The lowest BCUT2D eigenvalue weighted by Gasteiger charge is -2.31. The van der Waals surface area contributed by atoms with Gasteiger partial charge in [0.25, 0.3) is 0 Å². The molecule has 0 spiro atoms. The first-order valence-electron chi connectivity index (χ1n) is 8.32. The molecular weight excluding hydrogens is 318 g/mol. The monoisotopic (exact) mass is 339 g/mol. The number of rotatable bonds is 4. The smallest absolute Gasteiger partial charge is 0.229 e. The van der Waals surface area contributed by atoms with Gasteiger partial charge in [0.15, 0.2) is 0 Å². The van der Waals surface area contributed by atoms with E-state index in [0.29, 0.717) is 23.9 Å². The van der Waals surface area contributed by atoms with Crippen LogP contribution in [-0.4, -0.2) is 34.9 Å². The molecule has 0 radical (unpaired) electrons. The molecule has 3 rings (SSSR count). The van der Waals surface area contributed by atoms with Gasteiger partial charge in [-0.05, 0) is 37.1 Å². The standard InChI is InChI=1S/C18H21N5O2/c1-13(24)21-15-6-2-7-16(11-15)22-17(25)14-5-3-10-23(12-14)18-19-8-4-9-20-18/h2,4,6-9,11,14H,3,5,10,12H2,1H3,(H,21,24)(H,22,25)/t14-/m0/s1. The third kappa shape index (κ3) is 4.53. The Morgan fingerprint density at radius 3 is 2.56 bits per heavy atom. The van der Waals surface area contributed by atoms with Gasteiger partial charge in [-0.25, -0.2) is 9.97 Å². The van der Waals surface area contributed by atoms with Crippen LogP contribution in [0.1, 0.15) is 19.8 Å². The molecule has 1 atom stereocenters. The fourth-order valence-electron chi connectivity index (χ4n) is 2.95. The number of nitrogens with zero attached hydrogens (tertiary/aromatic N) is 3. The molecule has 25 heavy (non-hydrogen) atoms. The molecule has 1 aromatic heterocycles. The number of nitrogens with one attached hydrogen (secondary N) is 2. The second kappa shape index (κ2) is 7.74. The van der Waals surface area contributed by atoms with Crippen LogP contribution < -0.4 is 15.5 Å². The average Bonchev–Trinajstić information content (AvgIpc) is 2.62.